The molecule has 0 aromatic heterocycles. The Morgan fingerprint density at radius 1 is 1.25 bits per heavy atom. The van der Waals surface area contributed by atoms with E-state index in [-0.39, 0.29) is 5.91 Å². The van der Waals surface area contributed by atoms with Crippen LogP contribution < -0.4 is 11.1 Å². The first-order valence-corrected chi connectivity index (χ1v) is 6.81. The van der Waals surface area contributed by atoms with E-state index in [1.165, 1.54) is 5.39 Å². The second kappa shape index (κ2) is 5.23. The normalized spacial score (nSPS) is 22.1. The van der Waals surface area contributed by atoms with Crippen molar-refractivity contribution in [2.75, 3.05) is 13.2 Å². The van der Waals surface area contributed by atoms with Crippen LogP contribution in [0.15, 0.2) is 42.5 Å². The monoisotopic (exact) mass is 270 g/mol. The van der Waals surface area contributed by atoms with Crippen LogP contribution in [0.4, 0.5) is 0 Å². The Morgan fingerprint density at radius 2 is 2.05 bits per heavy atom. The molecule has 1 amide bonds. The number of hydrogen-bond acceptors (Lipinski definition) is 3. The molecule has 0 spiro atoms. The van der Waals surface area contributed by atoms with Gasteiger partial charge in [0, 0.05) is 13.2 Å². The van der Waals surface area contributed by atoms with Gasteiger partial charge in [-0.2, -0.15) is 0 Å². The Labute approximate surface area is 117 Å². The van der Waals surface area contributed by atoms with Crippen LogP contribution in [0.3, 0.4) is 0 Å². The third kappa shape index (κ3) is 2.40. The summed E-state index contributed by atoms with van der Waals surface area (Å²) in [5.74, 6) is -0.136. The van der Waals surface area contributed by atoms with Gasteiger partial charge in [-0.3, -0.25) is 4.79 Å². The van der Waals surface area contributed by atoms with E-state index in [4.69, 9.17) is 10.5 Å². The maximum Gasteiger partial charge on any atom is 0.242 e. The first-order valence-electron chi connectivity index (χ1n) is 6.81. The molecule has 1 unspecified atom stereocenters. The van der Waals surface area contributed by atoms with Crippen molar-refractivity contribution in [2.24, 2.45) is 5.73 Å². The van der Waals surface area contributed by atoms with Crippen LogP contribution in [0.1, 0.15) is 12.0 Å². The molecule has 0 radical (unpaired) electrons. The predicted molar refractivity (Wildman–Crippen MR) is 78.1 cm³/mol. The molecule has 3 N–H and O–H groups in total. The number of ether oxygens (including phenoxy) is 1. The Bertz CT molecular complexity index is 628. The largest absolute Gasteiger partial charge is 0.379 e. The quantitative estimate of drug-likeness (QED) is 0.890. The topological polar surface area (TPSA) is 64.4 Å². The minimum atomic E-state index is -0.870. The van der Waals surface area contributed by atoms with E-state index in [0.29, 0.717) is 26.2 Å². The molecule has 1 atom stereocenters. The molecule has 1 heterocycles. The zero-order valence-electron chi connectivity index (χ0n) is 11.3. The highest BCUT2D eigenvalue weighted by atomic mass is 16.5. The van der Waals surface area contributed by atoms with Gasteiger partial charge >= 0.3 is 0 Å². The fraction of sp³-hybridized carbons (Fsp3) is 0.312. The van der Waals surface area contributed by atoms with Gasteiger partial charge in [-0.25, -0.2) is 0 Å². The maximum atomic E-state index is 12.2. The van der Waals surface area contributed by atoms with E-state index >= 15 is 0 Å². The van der Waals surface area contributed by atoms with Gasteiger partial charge in [0.1, 0.15) is 5.54 Å². The molecule has 0 bridgehead atoms. The molecule has 4 nitrogen and oxygen atoms in total. The van der Waals surface area contributed by atoms with E-state index in [9.17, 15) is 4.79 Å². The standard InChI is InChI=1S/C16H18N2O2/c17-16(8-9-20-11-16)15(19)18-10-13-6-3-5-12-4-1-2-7-14(12)13/h1-7H,8-11,17H2,(H,18,19). The summed E-state index contributed by atoms with van der Waals surface area (Å²) in [6, 6.07) is 14.2. The average Bonchev–Trinajstić information content (AvgIpc) is 2.93. The Morgan fingerprint density at radius 3 is 2.85 bits per heavy atom. The SMILES string of the molecule is NC1(C(=O)NCc2cccc3ccccc23)CCOC1. The van der Waals surface area contributed by atoms with Crippen molar-refractivity contribution < 1.29 is 9.53 Å². The first kappa shape index (κ1) is 13.1. The van der Waals surface area contributed by atoms with Crippen molar-refractivity contribution in [3.05, 3.63) is 48.0 Å². The molecule has 2 aromatic rings. The molecular weight excluding hydrogens is 252 g/mol. The third-order valence-electron chi connectivity index (χ3n) is 3.82. The highest BCUT2D eigenvalue weighted by molar-refractivity contribution is 5.88. The number of amides is 1. The minimum absolute atomic E-state index is 0.136. The summed E-state index contributed by atoms with van der Waals surface area (Å²) in [5.41, 5.74) is 6.27. The lowest BCUT2D eigenvalue weighted by Crippen LogP contribution is -2.54. The van der Waals surface area contributed by atoms with Crippen molar-refractivity contribution in [1.29, 1.82) is 0 Å². The molecule has 3 rings (SSSR count). The smallest absolute Gasteiger partial charge is 0.242 e. The molecule has 2 aromatic carbocycles. The summed E-state index contributed by atoms with van der Waals surface area (Å²) in [5, 5.41) is 5.26. The van der Waals surface area contributed by atoms with Crippen LogP contribution >= 0.6 is 0 Å². The van der Waals surface area contributed by atoms with Gasteiger partial charge in [0.05, 0.1) is 6.61 Å². The van der Waals surface area contributed by atoms with E-state index in [1.807, 2.05) is 24.3 Å². The number of carbonyl (C=O) groups excluding carboxylic acids is 1. The summed E-state index contributed by atoms with van der Waals surface area (Å²) in [7, 11) is 0. The zero-order valence-corrected chi connectivity index (χ0v) is 11.3. The molecule has 1 fully saturated rings. The second-order valence-corrected chi connectivity index (χ2v) is 5.28. The van der Waals surface area contributed by atoms with Crippen molar-refractivity contribution in [3.8, 4) is 0 Å². The molecule has 0 saturated carbocycles. The highest BCUT2D eigenvalue weighted by Crippen LogP contribution is 2.19. The molecule has 104 valence electrons. The summed E-state index contributed by atoms with van der Waals surface area (Å²) in [4.78, 5) is 12.2. The summed E-state index contributed by atoms with van der Waals surface area (Å²) in [6.45, 7) is 1.34. The predicted octanol–water partition coefficient (Wildman–Crippen LogP) is 1.57. The molecule has 1 aliphatic rings. The zero-order chi connectivity index (χ0) is 14.0. The second-order valence-electron chi connectivity index (χ2n) is 5.28. The number of hydrogen-bond donors (Lipinski definition) is 2. The lowest BCUT2D eigenvalue weighted by atomic mass is 9.99. The van der Waals surface area contributed by atoms with Gasteiger partial charge in [-0.15, -0.1) is 0 Å². The third-order valence-corrected chi connectivity index (χ3v) is 3.82. The molecule has 4 heteroatoms. The highest BCUT2D eigenvalue weighted by Gasteiger charge is 2.37. The van der Waals surface area contributed by atoms with E-state index in [1.54, 1.807) is 0 Å². The Kier molecular flexibility index (Phi) is 3.42. The number of nitrogens with one attached hydrogen (secondary N) is 1. The van der Waals surface area contributed by atoms with Crippen LogP contribution in [0.5, 0.6) is 0 Å². The van der Waals surface area contributed by atoms with Crippen LogP contribution in [0.2, 0.25) is 0 Å². The van der Waals surface area contributed by atoms with Crippen molar-refractivity contribution in [3.63, 3.8) is 0 Å². The number of benzene rings is 2. The summed E-state index contributed by atoms with van der Waals surface area (Å²) in [6.07, 6.45) is 0.578. The summed E-state index contributed by atoms with van der Waals surface area (Å²) >= 11 is 0. The van der Waals surface area contributed by atoms with Crippen LogP contribution in [0.25, 0.3) is 10.8 Å². The number of fused-ring (bicyclic) bond motifs is 1. The number of rotatable bonds is 3. The van der Waals surface area contributed by atoms with Crippen molar-refractivity contribution in [2.45, 2.75) is 18.5 Å². The van der Waals surface area contributed by atoms with Crippen LogP contribution in [-0.2, 0) is 16.1 Å². The van der Waals surface area contributed by atoms with E-state index < -0.39 is 5.54 Å². The molecule has 1 saturated heterocycles. The first-order chi connectivity index (χ1) is 9.69. The van der Waals surface area contributed by atoms with Crippen LogP contribution in [-0.4, -0.2) is 24.7 Å². The van der Waals surface area contributed by atoms with Crippen molar-refractivity contribution in [1.82, 2.24) is 5.32 Å². The van der Waals surface area contributed by atoms with Crippen LogP contribution in [0, 0.1) is 0 Å². The lowest BCUT2D eigenvalue weighted by Gasteiger charge is -2.20. The lowest BCUT2D eigenvalue weighted by molar-refractivity contribution is -0.126. The molecule has 20 heavy (non-hydrogen) atoms. The Balaban J connectivity index is 1.76. The average molecular weight is 270 g/mol. The van der Waals surface area contributed by atoms with E-state index in [2.05, 4.69) is 23.5 Å². The Hall–Kier alpha value is -1.91. The molecule has 0 aliphatic carbocycles. The summed E-state index contributed by atoms with van der Waals surface area (Å²) < 4.78 is 5.22. The van der Waals surface area contributed by atoms with Gasteiger partial charge in [0.25, 0.3) is 0 Å². The van der Waals surface area contributed by atoms with Gasteiger partial charge in [0.15, 0.2) is 0 Å². The van der Waals surface area contributed by atoms with Gasteiger partial charge in [0.2, 0.25) is 5.91 Å². The minimum Gasteiger partial charge on any atom is -0.379 e. The van der Waals surface area contributed by atoms with Crippen molar-refractivity contribution >= 4 is 16.7 Å². The number of carbonyl (C=O) groups is 1. The molecule has 1 aliphatic heterocycles. The fourth-order valence-electron chi connectivity index (χ4n) is 2.56. The molecular formula is C16H18N2O2. The van der Waals surface area contributed by atoms with Gasteiger partial charge < -0.3 is 15.8 Å². The fourth-order valence-corrected chi connectivity index (χ4v) is 2.56. The number of nitrogens with two attached hydrogens (primary N) is 1. The van der Waals surface area contributed by atoms with E-state index in [0.717, 1.165) is 10.9 Å². The van der Waals surface area contributed by atoms with Gasteiger partial charge in [-0.1, -0.05) is 42.5 Å². The van der Waals surface area contributed by atoms with Gasteiger partial charge in [-0.05, 0) is 22.8 Å². The maximum absolute atomic E-state index is 12.2.